The number of furan rings is 1. The monoisotopic (exact) mass is 284 g/mol. The van der Waals surface area contributed by atoms with Gasteiger partial charge in [0.2, 0.25) is 0 Å². The molecule has 0 fully saturated rings. The number of aryl methyl sites for hydroxylation is 1. The number of alkyl halides is 1. The van der Waals surface area contributed by atoms with Crippen LogP contribution in [0.2, 0.25) is 0 Å². The zero-order chi connectivity index (χ0) is 14.0. The molecule has 19 heavy (non-hydrogen) atoms. The van der Waals surface area contributed by atoms with Crippen LogP contribution in [0.25, 0.3) is 0 Å². The summed E-state index contributed by atoms with van der Waals surface area (Å²) < 4.78 is 29.5. The summed E-state index contributed by atoms with van der Waals surface area (Å²) in [6.07, 6.45) is 1.53. The van der Waals surface area contributed by atoms with E-state index >= 15 is 0 Å². The Labute approximate surface area is 115 Å². The Bertz CT molecular complexity index is 580. The zero-order valence-corrected chi connectivity index (χ0v) is 11.6. The van der Waals surface area contributed by atoms with Crippen LogP contribution in [-0.4, -0.2) is 14.2 Å². The van der Waals surface area contributed by atoms with Crippen LogP contribution in [-0.2, 0) is 0 Å². The molecule has 0 bridgehead atoms. The highest BCUT2D eigenvalue weighted by atomic mass is 35.5. The van der Waals surface area contributed by atoms with E-state index in [2.05, 4.69) is 0 Å². The first-order valence-electron chi connectivity index (χ1n) is 5.68. The minimum absolute atomic E-state index is 0.289. The van der Waals surface area contributed by atoms with Gasteiger partial charge in [0.05, 0.1) is 20.5 Å². The van der Waals surface area contributed by atoms with E-state index in [1.807, 2.05) is 6.92 Å². The van der Waals surface area contributed by atoms with Gasteiger partial charge in [0, 0.05) is 11.6 Å². The molecule has 5 heteroatoms. The zero-order valence-electron chi connectivity index (χ0n) is 10.9. The van der Waals surface area contributed by atoms with E-state index in [0.29, 0.717) is 17.3 Å². The topological polar surface area (TPSA) is 31.6 Å². The molecule has 102 valence electrons. The van der Waals surface area contributed by atoms with Crippen molar-refractivity contribution in [3.8, 4) is 11.5 Å². The molecule has 0 saturated heterocycles. The smallest absolute Gasteiger partial charge is 0.163 e. The fraction of sp³-hybridized carbons (Fsp3) is 0.286. The lowest BCUT2D eigenvalue weighted by Gasteiger charge is -2.14. The molecule has 2 rings (SSSR count). The summed E-state index contributed by atoms with van der Waals surface area (Å²) in [7, 11) is 2.94. The second kappa shape index (κ2) is 5.53. The highest BCUT2D eigenvalue weighted by Crippen LogP contribution is 2.38. The van der Waals surface area contributed by atoms with Crippen LogP contribution < -0.4 is 9.47 Å². The van der Waals surface area contributed by atoms with E-state index in [0.717, 1.165) is 5.56 Å². The first-order chi connectivity index (χ1) is 9.08. The van der Waals surface area contributed by atoms with Gasteiger partial charge in [0.25, 0.3) is 0 Å². The Morgan fingerprint density at radius 2 is 1.84 bits per heavy atom. The number of rotatable bonds is 4. The first-order valence-corrected chi connectivity index (χ1v) is 6.11. The molecule has 0 amide bonds. The molecular weight excluding hydrogens is 271 g/mol. The van der Waals surface area contributed by atoms with Crippen LogP contribution in [0.5, 0.6) is 11.5 Å². The lowest BCUT2D eigenvalue weighted by Crippen LogP contribution is -2.00. The Hall–Kier alpha value is -1.68. The molecule has 0 aliphatic carbocycles. The highest BCUT2D eigenvalue weighted by Gasteiger charge is 2.22. The average molecular weight is 285 g/mol. The second-order valence-corrected chi connectivity index (χ2v) is 4.50. The van der Waals surface area contributed by atoms with Crippen LogP contribution >= 0.6 is 11.6 Å². The van der Waals surface area contributed by atoms with Gasteiger partial charge in [-0.15, -0.1) is 11.6 Å². The van der Waals surface area contributed by atoms with E-state index in [1.54, 1.807) is 6.07 Å². The summed E-state index contributed by atoms with van der Waals surface area (Å²) in [6, 6.07) is 4.55. The van der Waals surface area contributed by atoms with Crippen LogP contribution in [0, 0.1) is 12.7 Å². The molecule has 2 aromatic rings. The maximum absolute atomic E-state index is 14.1. The minimum Gasteiger partial charge on any atom is -0.493 e. The normalized spacial score (nSPS) is 12.3. The van der Waals surface area contributed by atoms with Gasteiger partial charge in [0.1, 0.15) is 17.0 Å². The highest BCUT2D eigenvalue weighted by molar-refractivity contribution is 6.22. The second-order valence-electron chi connectivity index (χ2n) is 4.06. The van der Waals surface area contributed by atoms with Crippen molar-refractivity contribution in [2.75, 3.05) is 14.2 Å². The van der Waals surface area contributed by atoms with Gasteiger partial charge in [-0.05, 0) is 24.6 Å². The fourth-order valence-corrected chi connectivity index (χ4v) is 2.24. The maximum Gasteiger partial charge on any atom is 0.163 e. The molecule has 1 unspecified atom stereocenters. The molecule has 1 aromatic carbocycles. The Balaban J connectivity index is 2.48. The third-order valence-corrected chi connectivity index (χ3v) is 3.34. The van der Waals surface area contributed by atoms with Crippen LogP contribution in [0.3, 0.4) is 0 Å². The van der Waals surface area contributed by atoms with Crippen molar-refractivity contribution in [2.45, 2.75) is 12.3 Å². The molecule has 0 radical (unpaired) electrons. The molecule has 1 aromatic heterocycles. The number of benzene rings is 1. The number of hydrogen-bond acceptors (Lipinski definition) is 3. The molecule has 1 heterocycles. The lowest BCUT2D eigenvalue weighted by molar-refractivity contribution is 0.351. The molecule has 0 N–H and O–H groups in total. The Kier molecular flexibility index (Phi) is 4.00. The van der Waals surface area contributed by atoms with Crippen molar-refractivity contribution in [3.63, 3.8) is 0 Å². The first kappa shape index (κ1) is 13.7. The van der Waals surface area contributed by atoms with Gasteiger partial charge in [0.15, 0.2) is 11.5 Å². The fourth-order valence-electron chi connectivity index (χ4n) is 1.85. The maximum atomic E-state index is 14.1. The van der Waals surface area contributed by atoms with Crippen molar-refractivity contribution in [1.82, 2.24) is 0 Å². The van der Waals surface area contributed by atoms with Crippen molar-refractivity contribution < 1.29 is 18.3 Å². The minimum atomic E-state index is -0.713. The summed E-state index contributed by atoms with van der Waals surface area (Å²) in [4.78, 5) is 0. The third-order valence-electron chi connectivity index (χ3n) is 2.91. The lowest BCUT2D eigenvalue weighted by atomic mass is 10.1. The van der Waals surface area contributed by atoms with Crippen LogP contribution in [0.15, 0.2) is 28.9 Å². The van der Waals surface area contributed by atoms with Crippen molar-refractivity contribution in [2.24, 2.45) is 0 Å². The van der Waals surface area contributed by atoms with E-state index in [1.165, 1.54) is 32.6 Å². The number of ether oxygens (including phenoxy) is 2. The molecular formula is C14H14ClFO3. The number of hydrogen-bond donors (Lipinski definition) is 0. The predicted molar refractivity (Wildman–Crippen MR) is 70.6 cm³/mol. The van der Waals surface area contributed by atoms with E-state index in [4.69, 9.17) is 25.5 Å². The van der Waals surface area contributed by atoms with Crippen molar-refractivity contribution >= 4 is 11.6 Å². The van der Waals surface area contributed by atoms with E-state index < -0.39 is 11.2 Å². The van der Waals surface area contributed by atoms with Gasteiger partial charge < -0.3 is 13.9 Å². The SMILES string of the molecule is COc1cc(F)c(C(Cl)c2occc2C)cc1OC. The molecule has 0 spiro atoms. The van der Waals surface area contributed by atoms with E-state index in [-0.39, 0.29) is 5.56 Å². The third kappa shape index (κ3) is 2.54. The van der Waals surface area contributed by atoms with Gasteiger partial charge in [-0.3, -0.25) is 0 Å². The summed E-state index contributed by atoms with van der Waals surface area (Å²) in [5.74, 6) is 0.804. The van der Waals surface area contributed by atoms with Crippen LogP contribution in [0.4, 0.5) is 4.39 Å². The molecule has 0 saturated carbocycles. The molecule has 0 aliphatic heterocycles. The number of halogens is 2. The van der Waals surface area contributed by atoms with Gasteiger partial charge >= 0.3 is 0 Å². The van der Waals surface area contributed by atoms with Crippen molar-refractivity contribution in [1.29, 1.82) is 0 Å². The molecule has 0 aliphatic rings. The summed E-state index contributed by atoms with van der Waals surface area (Å²) in [6.45, 7) is 1.85. The molecule has 1 atom stereocenters. The average Bonchev–Trinajstić information content (AvgIpc) is 2.83. The van der Waals surface area contributed by atoms with Gasteiger partial charge in [-0.25, -0.2) is 4.39 Å². The molecule has 3 nitrogen and oxygen atoms in total. The quantitative estimate of drug-likeness (QED) is 0.793. The van der Waals surface area contributed by atoms with Gasteiger partial charge in [-0.1, -0.05) is 0 Å². The van der Waals surface area contributed by atoms with Crippen molar-refractivity contribution in [3.05, 3.63) is 47.2 Å². The Morgan fingerprint density at radius 3 is 2.37 bits per heavy atom. The summed E-state index contributed by atoms with van der Waals surface area (Å²) in [5, 5.41) is -0.713. The standard InChI is InChI=1S/C14H14ClFO3/c1-8-4-5-19-14(8)13(15)9-6-11(17-2)12(18-3)7-10(9)16/h4-7,13H,1-3H3. The van der Waals surface area contributed by atoms with E-state index in [9.17, 15) is 4.39 Å². The predicted octanol–water partition coefficient (Wildman–Crippen LogP) is 4.07. The summed E-state index contributed by atoms with van der Waals surface area (Å²) in [5.41, 5.74) is 1.16. The van der Waals surface area contributed by atoms with Crippen LogP contribution in [0.1, 0.15) is 22.3 Å². The largest absolute Gasteiger partial charge is 0.493 e. The van der Waals surface area contributed by atoms with Gasteiger partial charge in [-0.2, -0.15) is 0 Å². The Morgan fingerprint density at radius 1 is 1.21 bits per heavy atom. The number of methoxy groups -OCH3 is 2. The summed E-state index contributed by atoms with van der Waals surface area (Å²) >= 11 is 6.28.